The molecule has 108 valence electrons. The van der Waals surface area contributed by atoms with Crippen molar-refractivity contribution >= 4 is 5.96 Å². The second kappa shape index (κ2) is 9.41. The highest BCUT2D eigenvalue weighted by Gasteiger charge is 2.07. The van der Waals surface area contributed by atoms with E-state index in [0.717, 1.165) is 31.8 Å². The molecule has 6 nitrogen and oxygen atoms in total. The predicted octanol–water partition coefficient (Wildman–Crippen LogP) is 1.05. The quantitative estimate of drug-likeness (QED) is 0.216. The zero-order valence-electron chi connectivity index (χ0n) is 11.7. The Bertz CT molecular complexity index is 352. The lowest BCUT2D eigenvalue weighted by Crippen LogP contribution is -2.46. The average molecular weight is 268 g/mol. The van der Waals surface area contributed by atoms with E-state index >= 15 is 0 Å². The third kappa shape index (κ3) is 6.83. The molecule has 1 atom stereocenters. The van der Waals surface area contributed by atoms with Gasteiger partial charge in [0.05, 0.1) is 6.26 Å². The molecule has 1 aromatic rings. The summed E-state index contributed by atoms with van der Waals surface area (Å²) >= 11 is 0. The van der Waals surface area contributed by atoms with Gasteiger partial charge in [-0.3, -0.25) is 10.4 Å². The summed E-state index contributed by atoms with van der Waals surface area (Å²) in [5.41, 5.74) is 2.57. The Hall–Kier alpha value is -1.53. The Morgan fingerprint density at radius 2 is 2.42 bits per heavy atom. The van der Waals surface area contributed by atoms with E-state index in [0.29, 0.717) is 12.5 Å². The number of nitrogens with one attached hydrogen (secondary N) is 2. The molecule has 0 aliphatic rings. The Labute approximate surface area is 114 Å². The van der Waals surface area contributed by atoms with Gasteiger partial charge >= 0.3 is 0 Å². The summed E-state index contributed by atoms with van der Waals surface area (Å²) in [6.45, 7) is 6.17. The molecule has 0 amide bonds. The fourth-order valence-electron chi connectivity index (χ4n) is 1.65. The Morgan fingerprint density at radius 3 is 3.05 bits per heavy atom. The molecule has 0 fully saturated rings. The predicted molar refractivity (Wildman–Crippen MR) is 75.7 cm³/mol. The number of guanidine groups is 1. The van der Waals surface area contributed by atoms with Gasteiger partial charge in [0.25, 0.3) is 0 Å². The van der Waals surface area contributed by atoms with Gasteiger partial charge in [-0.25, -0.2) is 5.84 Å². The van der Waals surface area contributed by atoms with Gasteiger partial charge in [-0.05, 0) is 32.4 Å². The van der Waals surface area contributed by atoms with Gasteiger partial charge in [-0.15, -0.1) is 0 Å². The summed E-state index contributed by atoms with van der Waals surface area (Å²) in [7, 11) is 0. The SMILES string of the molecule is CCOCCCN=C(NN)NC(C)Cc1ccco1. The maximum atomic E-state index is 5.44. The van der Waals surface area contributed by atoms with Crippen LogP contribution in [0.4, 0.5) is 0 Å². The third-order valence-electron chi connectivity index (χ3n) is 2.53. The first kappa shape index (κ1) is 15.5. The smallest absolute Gasteiger partial charge is 0.205 e. The van der Waals surface area contributed by atoms with Gasteiger partial charge < -0.3 is 14.5 Å². The van der Waals surface area contributed by atoms with E-state index in [9.17, 15) is 0 Å². The maximum Gasteiger partial charge on any atom is 0.205 e. The van der Waals surface area contributed by atoms with Crippen LogP contribution in [0.2, 0.25) is 0 Å². The minimum absolute atomic E-state index is 0.188. The molecule has 1 rings (SSSR count). The van der Waals surface area contributed by atoms with Gasteiger partial charge in [-0.1, -0.05) is 0 Å². The first-order valence-corrected chi connectivity index (χ1v) is 6.64. The molecule has 19 heavy (non-hydrogen) atoms. The van der Waals surface area contributed by atoms with Crippen molar-refractivity contribution in [2.45, 2.75) is 32.7 Å². The number of rotatable bonds is 8. The molecular weight excluding hydrogens is 244 g/mol. The van der Waals surface area contributed by atoms with E-state index in [2.05, 4.69) is 22.7 Å². The van der Waals surface area contributed by atoms with Crippen molar-refractivity contribution in [2.75, 3.05) is 19.8 Å². The van der Waals surface area contributed by atoms with Crippen LogP contribution in [-0.4, -0.2) is 31.8 Å². The standard InChI is InChI=1S/C13H24N4O2/c1-3-18-8-5-7-15-13(17-14)16-11(2)10-12-6-4-9-19-12/h4,6,9,11H,3,5,7-8,10,14H2,1-2H3,(H2,15,16,17). The van der Waals surface area contributed by atoms with Crippen LogP contribution in [0.1, 0.15) is 26.0 Å². The first-order chi connectivity index (χ1) is 9.26. The molecule has 0 aliphatic heterocycles. The summed E-state index contributed by atoms with van der Waals surface area (Å²) in [5, 5.41) is 3.21. The monoisotopic (exact) mass is 268 g/mol. The van der Waals surface area contributed by atoms with E-state index in [1.165, 1.54) is 0 Å². The number of hydrogen-bond acceptors (Lipinski definition) is 4. The van der Waals surface area contributed by atoms with Crippen LogP contribution in [0.3, 0.4) is 0 Å². The molecule has 0 saturated heterocycles. The lowest BCUT2D eigenvalue weighted by Gasteiger charge is -2.15. The summed E-state index contributed by atoms with van der Waals surface area (Å²) in [4.78, 5) is 4.34. The minimum Gasteiger partial charge on any atom is -0.469 e. The molecule has 1 heterocycles. The molecule has 6 heteroatoms. The topological polar surface area (TPSA) is 84.8 Å². The van der Waals surface area contributed by atoms with E-state index in [1.807, 2.05) is 19.1 Å². The highest BCUT2D eigenvalue weighted by atomic mass is 16.5. The minimum atomic E-state index is 0.188. The number of nitrogens with two attached hydrogens (primary N) is 1. The van der Waals surface area contributed by atoms with E-state index in [4.69, 9.17) is 15.0 Å². The van der Waals surface area contributed by atoms with E-state index in [-0.39, 0.29) is 6.04 Å². The van der Waals surface area contributed by atoms with Crippen molar-refractivity contribution in [2.24, 2.45) is 10.8 Å². The zero-order valence-corrected chi connectivity index (χ0v) is 11.7. The number of nitrogens with zero attached hydrogens (tertiary/aromatic N) is 1. The van der Waals surface area contributed by atoms with Crippen LogP contribution in [0, 0.1) is 0 Å². The van der Waals surface area contributed by atoms with Crippen molar-refractivity contribution in [1.82, 2.24) is 10.7 Å². The summed E-state index contributed by atoms with van der Waals surface area (Å²) in [6.07, 6.45) is 3.34. The third-order valence-corrected chi connectivity index (χ3v) is 2.53. The summed E-state index contributed by atoms with van der Waals surface area (Å²) < 4.78 is 10.5. The highest BCUT2D eigenvalue weighted by Crippen LogP contribution is 2.03. The zero-order chi connectivity index (χ0) is 13.9. The molecular formula is C13H24N4O2. The number of aliphatic imine (C=N–C) groups is 1. The van der Waals surface area contributed by atoms with E-state index < -0.39 is 0 Å². The molecule has 0 spiro atoms. The van der Waals surface area contributed by atoms with Crippen molar-refractivity contribution in [3.05, 3.63) is 24.2 Å². The second-order valence-electron chi connectivity index (χ2n) is 4.25. The fourth-order valence-corrected chi connectivity index (χ4v) is 1.65. The van der Waals surface area contributed by atoms with Gasteiger partial charge in [0.2, 0.25) is 5.96 Å². The Morgan fingerprint density at radius 1 is 1.58 bits per heavy atom. The van der Waals surface area contributed by atoms with Crippen molar-refractivity contribution in [3.63, 3.8) is 0 Å². The van der Waals surface area contributed by atoms with Crippen LogP contribution in [0.5, 0.6) is 0 Å². The van der Waals surface area contributed by atoms with Crippen LogP contribution in [-0.2, 0) is 11.2 Å². The number of hydrogen-bond donors (Lipinski definition) is 3. The average Bonchev–Trinajstić information content (AvgIpc) is 2.89. The number of furan rings is 1. The molecule has 0 aliphatic carbocycles. The molecule has 0 bridgehead atoms. The Balaban J connectivity index is 2.27. The van der Waals surface area contributed by atoms with Crippen molar-refractivity contribution in [3.8, 4) is 0 Å². The van der Waals surface area contributed by atoms with Gasteiger partial charge in [0, 0.05) is 32.2 Å². The van der Waals surface area contributed by atoms with Gasteiger partial charge in [0.1, 0.15) is 5.76 Å². The normalized spacial score (nSPS) is 13.3. The molecule has 1 unspecified atom stereocenters. The molecule has 1 aromatic heterocycles. The second-order valence-corrected chi connectivity index (χ2v) is 4.25. The lowest BCUT2D eigenvalue weighted by molar-refractivity contribution is 0.146. The van der Waals surface area contributed by atoms with E-state index in [1.54, 1.807) is 6.26 Å². The van der Waals surface area contributed by atoms with Crippen LogP contribution in [0.25, 0.3) is 0 Å². The molecule has 0 radical (unpaired) electrons. The largest absolute Gasteiger partial charge is 0.469 e. The van der Waals surface area contributed by atoms with Crippen molar-refractivity contribution in [1.29, 1.82) is 0 Å². The number of hydrazine groups is 1. The summed E-state index contributed by atoms with van der Waals surface area (Å²) in [5.74, 6) is 6.97. The molecule has 4 N–H and O–H groups in total. The summed E-state index contributed by atoms with van der Waals surface area (Å²) in [6, 6.07) is 4.02. The maximum absolute atomic E-state index is 5.44. The first-order valence-electron chi connectivity index (χ1n) is 6.64. The molecule has 0 saturated carbocycles. The van der Waals surface area contributed by atoms with Crippen LogP contribution in [0.15, 0.2) is 27.8 Å². The van der Waals surface area contributed by atoms with Gasteiger partial charge in [-0.2, -0.15) is 0 Å². The van der Waals surface area contributed by atoms with Crippen LogP contribution < -0.4 is 16.6 Å². The molecule has 0 aromatic carbocycles. The van der Waals surface area contributed by atoms with Crippen molar-refractivity contribution < 1.29 is 9.15 Å². The number of ether oxygens (including phenoxy) is 1. The van der Waals surface area contributed by atoms with Gasteiger partial charge in [0.15, 0.2) is 0 Å². The highest BCUT2D eigenvalue weighted by molar-refractivity contribution is 5.79. The fraction of sp³-hybridized carbons (Fsp3) is 0.615. The lowest BCUT2D eigenvalue weighted by atomic mass is 10.2. The Kier molecular flexibility index (Phi) is 7.69. The van der Waals surface area contributed by atoms with Crippen LogP contribution >= 0.6 is 0 Å².